The van der Waals surface area contributed by atoms with Crippen LogP contribution in [0.5, 0.6) is 0 Å². The first-order valence-electron chi connectivity index (χ1n) is 7.04. The lowest BCUT2D eigenvalue weighted by Gasteiger charge is -2.40. The average molecular weight is 331 g/mol. The maximum atomic E-state index is 12.5. The number of rotatable bonds is 2. The molecule has 0 bridgehead atoms. The van der Waals surface area contributed by atoms with E-state index in [0.29, 0.717) is 13.1 Å². The van der Waals surface area contributed by atoms with E-state index in [1.54, 1.807) is 28.4 Å². The Kier molecular flexibility index (Phi) is 4.48. The van der Waals surface area contributed by atoms with Crippen LogP contribution >= 0.6 is 23.5 Å². The highest BCUT2D eigenvalue weighted by molar-refractivity contribution is 8.03. The van der Waals surface area contributed by atoms with Gasteiger partial charge < -0.3 is 0 Å². The third kappa shape index (κ3) is 2.76. The van der Waals surface area contributed by atoms with Crippen LogP contribution in [0.15, 0.2) is 39.8 Å². The highest BCUT2D eigenvalue weighted by atomic mass is 32.2. The van der Waals surface area contributed by atoms with Gasteiger partial charge in [-0.1, -0.05) is 23.9 Å². The molecular formula is C16H17N3OS2. The van der Waals surface area contributed by atoms with E-state index in [1.807, 2.05) is 25.4 Å². The molecule has 2 heterocycles. The molecule has 1 unspecified atom stereocenters. The normalized spacial score (nSPS) is 22.5. The minimum atomic E-state index is -0.115. The van der Waals surface area contributed by atoms with Gasteiger partial charge in [0.1, 0.15) is 0 Å². The van der Waals surface area contributed by atoms with Crippen molar-refractivity contribution >= 4 is 29.4 Å². The molecule has 2 aliphatic heterocycles. The molecule has 0 aromatic heterocycles. The summed E-state index contributed by atoms with van der Waals surface area (Å²) in [6.07, 6.45) is 2.41. The number of nitriles is 1. The number of thioether (sulfide) groups is 2. The smallest absolute Gasteiger partial charge is 0.229 e. The molecule has 0 radical (unpaired) electrons. The third-order valence-electron chi connectivity index (χ3n) is 3.95. The predicted octanol–water partition coefficient (Wildman–Crippen LogP) is 3.05. The second kappa shape index (κ2) is 6.37. The topological polar surface area (TPSA) is 47.3 Å². The maximum absolute atomic E-state index is 12.5. The summed E-state index contributed by atoms with van der Waals surface area (Å²) in [5.74, 6) is 0.796. The lowest BCUT2D eigenvalue weighted by molar-refractivity contribution is -0.131. The van der Waals surface area contributed by atoms with Crippen LogP contribution in [0.25, 0.3) is 0 Å². The van der Waals surface area contributed by atoms with Crippen molar-refractivity contribution in [3.05, 3.63) is 40.4 Å². The molecule has 0 N–H and O–H groups in total. The summed E-state index contributed by atoms with van der Waals surface area (Å²) in [7, 11) is 1.98. The number of benzene rings is 1. The summed E-state index contributed by atoms with van der Waals surface area (Å²) in [4.78, 5) is 17.5. The fraction of sp³-hybridized carbons (Fsp3) is 0.375. The fourth-order valence-corrected chi connectivity index (χ4v) is 4.28. The number of amides is 1. The van der Waals surface area contributed by atoms with Crippen LogP contribution in [0.1, 0.15) is 17.9 Å². The van der Waals surface area contributed by atoms with Crippen molar-refractivity contribution in [3.63, 3.8) is 0 Å². The molecule has 0 aliphatic carbocycles. The first-order chi connectivity index (χ1) is 10.6. The molecule has 1 fully saturated rings. The second-order valence-corrected chi connectivity index (χ2v) is 7.27. The summed E-state index contributed by atoms with van der Waals surface area (Å²) < 4.78 is 0. The predicted molar refractivity (Wildman–Crippen MR) is 90.2 cm³/mol. The average Bonchev–Trinajstić information content (AvgIpc) is 2.55. The van der Waals surface area contributed by atoms with E-state index in [-0.39, 0.29) is 11.8 Å². The number of allylic oxidation sites excluding steroid dienone is 1. The van der Waals surface area contributed by atoms with Crippen molar-refractivity contribution in [1.29, 1.82) is 5.26 Å². The zero-order valence-electron chi connectivity index (χ0n) is 12.6. The number of nitrogens with zero attached hydrogens (tertiary/aromatic N) is 3. The summed E-state index contributed by atoms with van der Waals surface area (Å²) >= 11 is 3.27. The fourth-order valence-electron chi connectivity index (χ4n) is 2.79. The Balaban J connectivity index is 1.99. The molecule has 1 saturated heterocycles. The Morgan fingerprint density at radius 2 is 2.09 bits per heavy atom. The highest BCUT2D eigenvalue weighted by Crippen LogP contribution is 2.42. The monoisotopic (exact) mass is 331 g/mol. The van der Waals surface area contributed by atoms with Gasteiger partial charge in [-0.05, 0) is 31.0 Å². The quantitative estimate of drug-likeness (QED) is 0.780. The van der Waals surface area contributed by atoms with Crippen LogP contribution < -0.4 is 0 Å². The molecule has 0 saturated carbocycles. The Hall–Kier alpha value is -1.42. The van der Waals surface area contributed by atoms with Crippen LogP contribution in [0.4, 0.5) is 0 Å². The van der Waals surface area contributed by atoms with Crippen molar-refractivity contribution < 1.29 is 4.79 Å². The van der Waals surface area contributed by atoms with Gasteiger partial charge in [0.05, 0.1) is 29.2 Å². The summed E-state index contributed by atoms with van der Waals surface area (Å²) in [5.41, 5.74) is 1.78. The zero-order chi connectivity index (χ0) is 15.7. The van der Waals surface area contributed by atoms with E-state index >= 15 is 0 Å². The zero-order valence-corrected chi connectivity index (χ0v) is 14.2. The first-order valence-corrected chi connectivity index (χ1v) is 9.25. The van der Waals surface area contributed by atoms with Crippen molar-refractivity contribution in [2.45, 2.75) is 17.2 Å². The van der Waals surface area contributed by atoms with E-state index in [4.69, 9.17) is 0 Å². The van der Waals surface area contributed by atoms with Gasteiger partial charge in [-0.2, -0.15) is 5.26 Å². The van der Waals surface area contributed by atoms with Crippen LogP contribution in [0.3, 0.4) is 0 Å². The van der Waals surface area contributed by atoms with Gasteiger partial charge in [-0.15, -0.1) is 11.8 Å². The molecule has 114 valence electrons. The standard InChI is InChI=1S/C16H17N3OS2/c1-18-9-19-15(20)7-13(14(8-17)16(19)22-10-18)11-3-5-12(21-2)6-4-11/h3-6,13H,7,9-10H2,1-2H3. The molecule has 2 aliphatic rings. The number of hydrogen-bond acceptors (Lipinski definition) is 5. The van der Waals surface area contributed by atoms with Crippen molar-refractivity contribution in [1.82, 2.24) is 9.80 Å². The number of fused-ring (bicyclic) bond motifs is 1. The lowest BCUT2D eigenvalue weighted by atomic mass is 9.86. The molecular weight excluding hydrogens is 314 g/mol. The first kappa shape index (κ1) is 15.5. The molecule has 6 heteroatoms. The van der Waals surface area contributed by atoms with Gasteiger partial charge in [0.25, 0.3) is 0 Å². The maximum Gasteiger partial charge on any atom is 0.229 e. The molecule has 22 heavy (non-hydrogen) atoms. The van der Waals surface area contributed by atoms with Crippen molar-refractivity contribution in [2.24, 2.45) is 0 Å². The third-order valence-corrected chi connectivity index (χ3v) is 5.97. The summed E-state index contributed by atoms with van der Waals surface area (Å²) in [6.45, 7) is 0.574. The summed E-state index contributed by atoms with van der Waals surface area (Å²) in [5, 5.41) is 10.5. The van der Waals surface area contributed by atoms with Crippen LogP contribution in [-0.2, 0) is 4.79 Å². The van der Waals surface area contributed by atoms with Gasteiger partial charge in [0.15, 0.2) is 0 Å². The minimum absolute atomic E-state index is 0.104. The van der Waals surface area contributed by atoms with Gasteiger partial charge in [-0.25, -0.2) is 0 Å². The van der Waals surface area contributed by atoms with E-state index < -0.39 is 0 Å². The van der Waals surface area contributed by atoms with Crippen molar-refractivity contribution in [3.8, 4) is 6.07 Å². The van der Waals surface area contributed by atoms with Gasteiger partial charge in [0, 0.05) is 17.2 Å². The number of carbonyl (C=O) groups excluding carboxylic acids is 1. The molecule has 1 aromatic carbocycles. The molecule has 1 atom stereocenters. The van der Waals surface area contributed by atoms with E-state index in [0.717, 1.165) is 22.0 Å². The Morgan fingerprint density at radius 3 is 2.73 bits per heavy atom. The molecule has 4 nitrogen and oxygen atoms in total. The summed E-state index contributed by atoms with van der Waals surface area (Å²) in [6, 6.07) is 10.5. The Morgan fingerprint density at radius 1 is 1.36 bits per heavy atom. The van der Waals surface area contributed by atoms with Gasteiger partial charge in [-0.3, -0.25) is 14.6 Å². The Bertz CT molecular complexity index is 663. The van der Waals surface area contributed by atoms with Gasteiger partial charge >= 0.3 is 0 Å². The lowest BCUT2D eigenvalue weighted by Crippen LogP contribution is -2.45. The van der Waals surface area contributed by atoms with E-state index in [1.165, 1.54) is 4.90 Å². The van der Waals surface area contributed by atoms with Gasteiger partial charge in [0.2, 0.25) is 5.91 Å². The molecule has 3 rings (SSSR count). The van der Waals surface area contributed by atoms with Crippen molar-refractivity contribution in [2.75, 3.05) is 25.8 Å². The van der Waals surface area contributed by atoms with Crippen LogP contribution in [0, 0.1) is 11.3 Å². The van der Waals surface area contributed by atoms with Crippen LogP contribution in [-0.4, -0.2) is 41.6 Å². The minimum Gasteiger partial charge on any atom is -0.292 e. The Labute approximate surface area is 139 Å². The molecule has 1 amide bonds. The number of hydrogen-bond donors (Lipinski definition) is 0. The number of carbonyl (C=O) groups is 1. The molecule has 1 aromatic rings. The van der Waals surface area contributed by atoms with E-state index in [9.17, 15) is 10.1 Å². The SMILES string of the molecule is CSc1ccc(C2CC(=O)N3CN(C)CSC3=C2C#N)cc1. The van der Waals surface area contributed by atoms with Crippen LogP contribution in [0.2, 0.25) is 0 Å². The highest BCUT2D eigenvalue weighted by Gasteiger charge is 2.37. The largest absolute Gasteiger partial charge is 0.292 e. The molecule has 0 spiro atoms. The second-order valence-electron chi connectivity index (χ2n) is 5.45. The van der Waals surface area contributed by atoms with E-state index in [2.05, 4.69) is 23.1 Å².